The lowest BCUT2D eigenvalue weighted by Gasteiger charge is -2.48. The van der Waals surface area contributed by atoms with E-state index in [0.29, 0.717) is 24.3 Å². The van der Waals surface area contributed by atoms with Crippen LogP contribution in [-0.4, -0.2) is 71.9 Å². The van der Waals surface area contributed by atoms with E-state index in [1.54, 1.807) is 19.2 Å². The van der Waals surface area contributed by atoms with Crippen LogP contribution in [0.2, 0.25) is 5.02 Å². The van der Waals surface area contributed by atoms with Gasteiger partial charge >= 0.3 is 0 Å². The molecule has 0 unspecified atom stereocenters. The van der Waals surface area contributed by atoms with Crippen molar-refractivity contribution in [3.05, 3.63) is 69.2 Å². The zero-order valence-electron chi connectivity index (χ0n) is 18.6. The molecule has 1 heterocycles. The fourth-order valence-electron chi connectivity index (χ4n) is 4.24. The number of non-ortho nitro benzene ring substituents is 1. The highest BCUT2D eigenvalue weighted by molar-refractivity contribution is 7.89. The van der Waals surface area contributed by atoms with Gasteiger partial charge in [-0.3, -0.25) is 14.9 Å². The van der Waals surface area contributed by atoms with Gasteiger partial charge in [-0.25, -0.2) is 8.42 Å². The van der Waals surface area contributed by atoms with Crippen molar-refractivity contribution >= 4 is 33.2 Å². The molecule has 0 aliphatic carbocycles. The predicted molar refractivity (Wildman–Crippen MR) is 127 cm³/mol. The average Bonchev–Trinajstić information content (AvgIpc) is 2.84. The number of amides is 1. The number of halogens is 1. The minimum absolute atomic E-state index is 0.00463. The Hall–Kier alpha value is -2.57. The maximum absolute atomic E-state index is 13.4. The molecule has 0 saturated carbocycles. The smallest absolute Gasteiger partial charge is 0.269 e. The molecular weight excluding hydrogens is 484 g/mol. The van der Waals surface area contributed by atoms with Crippen molar-refractivity contribution in [3.8, 4) is 0 Å². The fraction of sp³-hybridized carbons (Fsp3) is 0.409. The number of nitrogens with zero attached hydrogens (tertiary/aromatic N) is 3. The number of carbonyl (C=O) groups excluding carboxylic acids is 1. The molecule has 0 bridgehead atoms. The number of hydrogen-bond acceptors (Lipinski definition) is 7. The first kappa shape index (κ1) is 26.0. The third-order valence-corrected chi connectivity index (χ3v) is 8.32. The van der Waals surface area contributed by atoms with Gasteiger partial charge < -0.3 is 15.7 Å². The molecule has 2 aromatic carbocycles. The summed E-state index contributed by atoms with van der Waals surface area (Å²) >= 11 is 6.01. The molecule has 3 rings (SSSR count). The molecule has 12 heteroatoms. The lowest BCUT2D eigenvalue weighted by atomic mass is 9.82. The molecule has 0 radical (unpaired) electrons. The molecule has 1 saturated heterocycles. The van der Waals surface area contributed by atoms with E-state index in [2.05, 4.69) is 0 Å². The number of aliphatic hydroxyl groups is 1. The van der Waals surface area contributed by atoms with Gasteiger partial charge in [-0.1, -0.05) is 23.7 Å². The molecule has 1 fully saturated rings. The molecule has 2 atom stereocenters. The average molecular weight is 511 g/mol. The number of piperidine rings is 1. The first-order valence-electron chi connectivity index (χ1n) is 10.6. The highest BCUT2D eigenvalue weighted by Crippen LogP contribution is 2.34. The first-order valence-corrected chi connectivity index (χ1v) is 12.5. The molecule has 1 aliphatic heterocycles. The van der Waals surface area contributed by atoms with Gasteiger partial charge in [-0.2, -0.15) is 4.31 Å². The van der Waals surface area contributed by atoms with Gasteiger partial charge in [0.05, 0.1) is 22.0 Å². The molecule has 1 amide bonds. The van der Waals surface area contributed by atoms with E-state index in [-0.39, 0.29) is 23.7 Å². The Morgan fingerprint density at radius 3 is 2.44 bits per heavy atom. The lowest BCUT2D eigenvalue weighted by Crippen LogP contribution is -2.63. The standard InChI is InChI=1S/C22H27ClN4O6S/c1-25(21(29)20(24)14-28)22(13-16-3-5-17(23)6-4-16)11-2-12-26(15-22)34(32,33)19-9-7-18(8-10-19)27(30)31/h3-10,20,28H,2,11-15,24H2,1H3/t20-,22+/m0/s1. The van der Waals surface area contributed by atoms with Gasteiger partial charge in [-0.05, 0) is 49.1 Å². The number of hydrogen-bond donors (Lipinski definition) is 2. The predicted octanol–water partition coefficient (Wildman–Crippen LogP) is 1.79. The molecular formula is C22H27ClN4O6S. The highest BCUT2D eigenvalue weighted by Gasteiger charge is 2.45. The second kappa shape index (κ2) is 10.4. The molecule has 0 aromatic heterocycles. The van der Waals surface area contributed by atoms with Gasteiger partial charge in [0.15, 0.2) is 0 Å². The van der Waals surface area contributed by atoms with Crippen LogP contribution in [0, 0.1) is 10.1 Å². The number of nitro benzene ring substituents is 1. The number of benzene rings is 2. The van der Waals surface area contributed by atoms with Gasteiger partial charge in [0, 0.05) is 37.3 Å². The van der Waals surface area contributed by atoms with Crippen LogP contribution < -0.4 is 5.73 Å². The van der Waals surface area contributed by atoms with Crippen LogP contribution in [-0.2, 0) is 21.2 Å². The Balaban J connectivity index is 1.98. The van der Waals surface area contributed by atoms with Crippen LogP contribution in [0.15, 0.2) is 53.4 Å². The largest absolute Gasteiger partial charge is 0.394 e. The Morgan fingerprint density at radius 2 is 1.88 bits per heavy atom. The molecule has 184 valence electrons. The maximum Gasteiger partial charge on any atom is 0.269 e. The summed E-state index contributed by atoms with van der Waals surface area (Å²) in [6, 6.07) is 10.7. The number of likely N-dealkylation sites (N-methyl/N-ethyl adjacent to an activating group) is 1. The third-order valence-electron chi connectivity index (χ3n) is 6.21. The summed E-state index contributed by atoms with van der Waals surface area (Å²) in [5.41, 5.74) is 5.52. The number of sulfonamides is 1. The lowest BCUT2D eigenvalue weighted by molar-refractivity contribution is -0.384. The minimum Gasteiger partial charge on any atom is -0.394 e. The summed E-state index contributed by atoms with van der Waals surface area (Å²) in [4.78, 5) is 24.7. The fourth-order valence-corrected chi connectivity index (χ4v) is 5.93. The van der Waals surface area contributed by atoms with Crippen LogP contribution in [0.3, 0.4) is 0 Å². The second-order valence-electron chi connectivity index (χ2n) is 8.41. The van der Waals surface area contributed by atoms with Crippen molar-refractivity contribution < 1.29 is 23.2 Å². The molecule has 3 N–H and O–H groups in total. The summed E-state index contributed by atoms with van der Waals surface area (Å²) in [5.74, 6) is -0.494. The molecule has 2 aromatic rings. The van der Waals surface area contributed by atoms with Crippen molar-refractivity contribution in [1.82, 2.24) is 9.21 Å². The Bertz CT molecular complexity index is 1140. The molecule has 0 spiro atoms. The van der Waals surface area contributed by atoms with Crippen LogP contribution in [0.1, 0.15) is 18.4 Å². The number of nitro groups is 1. The molecule has 1 aliphatic rings. The summed E-state index contributed by atoms with van der Waals surface area (Å²) < 4.78 is 28.1. The van der Waals surface area contributed by atoms with Crippen LogP contribution >= 0.6 is 11.6 Å². The van der Waals surface area contributed by atoms with Crippen molar-refractivity contribution in [2.45, 2.75) is 35.7 Å². The SMILES string of the molecule is CN(C(=O)[C@@H](N)CO)[C@@]1(Cc2ccc(Cl)cc2)CCCN(S(=O)(=O)c2ccc([N+](=O)[O-])cc2)C1. The van der Waals surface area contributed by atoms with Crippen molar-refractivity contribution in [3.63, 3.8) is 0 Å². The number of rotatable bonds is 8. The zero-order valence-corrected chi connectivity index (χ0v) is 20.2. The van der Waals surface area contributed by atoms with Gasteiger partial charge in [0.1, 0.15) is 6.04 Å². The normalized spacial score (nSPS) is 20.0. The van der Waals surface area contributed by atoms with Crippen molar-refractivity contribution in [1.29, 1.82) is 0 Å². The third kappa shape index (κ3) is 5.39. The first-order chi connectivity index (χ1) is 16.0. The zero-order chi connectivity index (χ0) is 25.1. The monoisotopic (exact) mass is 510 g/mol. The Morgan fingerprint density at radius 1 is 1.26 bits per heavy atom. The number of aliphatic hydroxyl groups excluding tert-OH is 1. The number of nitrogens with two attached hydrogens (primary N) is 1. The van der Waals surface area contributed by atoms with E-state index in [4.69, 9.17) is 17.3 Å². The van der Waals surface area contributed by atoms with Crippen LogP contribution in [0.5, 0.6) is 0 Å². The van der Waals surface area contributed by atoms with Crippen LogP contribution in [0.4, 0.5) is 5.69 Å². The van der Waals surface area contributed by atoms with Crippen molar-refractivity contribution in [2.75, 3.05) is 26.7 Å². The van der Waals surface area contributed by atoms with E-state index < -0.39 is 39.0 Å². The summed E-state index contributed by atoms with van der Waals surface area (Å²) in [7, 11) is -2.42. The Kier molecular flexibility index (Phi) is 7.94. The van der Waals surface area contributed by atoms with E-state index in [1.807, 2.05) is 12.1 Å². The quantitative estimate of drug-likeness (QED) is 0.406. The van der Waals surface area contributed by atoms with E-state index in [9.17, 15) is 28.4 Å². The van der Waals surface area contributed by atoms with Crippen molar-refractivity contribution in [2.24, 2.45) is 5.73 Å². The van der Waals surface area contributed by atoms with E-state index >= 15 is 0 Å². The molecule has 34 heavy (non-hydrogen) atoms. The van der Waals surface area contributed by atoms with E-state index in [0.717, 1.165) is 17.7 Å². The summed E-state index contributed by atoms with van der Waals surface area (Å²) in [6.45, 7) is -0.309. The van der Waals surface area contributed by atoms with Gasteiger partial charge in [-0.15, -0.1) is 0 Å². The van der Waals surface area contributed by atoms with Crippen LogP contribution in [0.25, 0.3) is 0 Å². The molecule has 10 nitrogen and oxygen atoms in total. The number of carbonyl (C=O) groups is 1. The summed E-state index contributed by atoms with van der Waals surface area (Å²) in [5, 5.41) is 20.9. The topological polar surface area (TPSA) is 147 Å². The van der Waals surface area contributed by atoms with Gasteiger partial charge in [0.2, 0.25) is 15.9 Å². The Labute approximate surface area is 203 Å². The second-order valence-corrected chi connectivity index (χ2v) is 10.8. The summed E-state index contributed by atoms with van der Waals surface area (Å²) in [6.07, 6.45) is 1.34. The maximum atomic E-state index is 13.4. The van der Waals surface area contributed by atoms with E-state index in [1.165, 1.54) is 21.3 Å². The van der Waals surface area contributed by atoms with Gasteiger partial charge in [0.25, 0.3) is 5.69 Å². The minimum atomic E-state index is -3.99. The highest BCUT2D eigenvalue weighted by atomic mass is 35.5.